The highest BCUT2D eigenvalue weighted by Gasteiger charge is 2.16. The first-order valence-corrected chi connectivity index (χ1v) is 5.24. The predicted molar refractivity (Wildman–Crippen MR) is 57.9 cm³/mol. The Morgan fingerprint density at radius 2 is 2.33 bits per heavy atom. The Hall–Kier alpha value is -0.790. The van der Waals surface area contributed by atoms with Gasteiger partial charge in [-0.2, -0.15) is 0 Å². The summed E-state index contributed by atoms with van der Waals surface area (Å²) in [6.07, 6.45) is -1.59. The zero-order chi connectivity index (χ0) is 11.4. The van der Waals surface area contributed by atoms with Gasteiger partial charge in [0.25, 0.3) is 6.43 Å². The van der Waals surface area contributed by atoms with Gasteiger partial charge in [-0.25, -0.2) is 18.6 Å². The third-order valence-electron chi connectivity index (χ3n) is 1.61. The molecule has 1 aromatic rings. The Morgan fingerprint density at radius 1 is 1.67 bits per heavy atom. The summed E-state index contributed by atoms with van der Waals surface area (Å²) in [7, 11) is 0. The van der Waals surface area contributed by atoms with E-state index in [1.807, 2.05) is 0 Å². The van der Waals surface area contributed by atoms with Crippen LogP contribution in [0, 0.1) is 3.70 Å². The molecule has 0 saturated heterocycles. The van der Waals surface area contributed by atoms with E-state index in [4.69, 9.17) is 4.74 Å². The van der Waals surface area contributed by atoms with E-state index >= 15 is 0 Å². The van der Waals surface area contributed by atoms with E-state index in [9.17, 15) is 13.6 Å². The summed E-state index contributed by atoms with van der Waals surface area (Å²) in [5.41, 5.74) is -0.200. The second kappa shape index (κ2) is 5.34. The molecule has 0 amide bonds. The number of halogens is 3. The number of ether oxygens (including phenoxy) is 1. The minimum Gasteiger partial charge on any atom is -0.462 e. The van der Waals surface area contributed by atoms with Gasteiger partial charge in [0.05, 0.1) is 12.2 Å². The van der Waals surface area contributed by atoms with E-state index in [-0.39, 0.29) is 17.7 Å². The molecule has 3 nitrogen and oxygen atoms in total. The fraction of sp³-hybridized carbons (Fsp3) is 0.333. The summed E-state index contributed by atoms with van der Waals surface area (Å²) in [6.45, 7) is 1.85. The van der Waals surface area contributed by atoms with Crippen LogP contribution in [-0.4, -0.2) is 17.6 Å². The van der Waals surface area contributed by atoms with Crippen molar-refractivity contribution in [3.63, 3.8) is 0 Å². The maximum absolute atomic E-state index is 12.3. The molecule has 0 spiro atoms. The molecule has 1 heterocycles. The van der Waals surface area contributed by atoms with Crippen molar-refractivity contribution in [2.45, 2.75) is 13.3 Å². The highest BCUT2D eigenvalue weighted by molar-refractivity contribution is 14.1. The predicted octanol–water partition coefficient (Wildman–Crippen LogP) is 2.80. The molecule has 1 rings (SSSR count). The Morgan fingerprint density at radius 3 is 2.87 bits per heavy atom. The van der Waals surface area contributed by atoms with Crippen LogP contribution in [0.25, 0.3) is 0 Å². The maximum atomic E-state index is 12.3. The average Bonchev–Trinajstić information content (AvgIpc) is 2.18. The number of carbonyl (C=O) groups is 1. The van der Waals surface area contributed by atoms with Crippen LogP contribution >= 0.6 is 22.6 Å². The van der Waals surface area contributed by atoms with Gasteiger partial charge in [-0.05, 0) is 35.6 Å². The number of hydrogen-bond donors (Lipinski definition) is 0. The highest BCUT2D eigenvalue weighted by Crippen LogP contribution is 2.21. The molecule has 0 fully saturated rings. The lowest BCUT2D eigenvalue weighted by Crippen LogP contribution is -2.08. The summed E-state index contributed by atoms with van der Waals surface area (Å²) < 4.78 is 29.7. The molecule has 0 aromatic carbocycles. The van der Waals surface area contributed by atoms with Gasteiger partial charge in [0.1, 0.15) is 3.70 Å². The topological polar surface area (TPSA) is 39.2 Å². The van der Waals surface area contributed by atoms with Crippen LogP contribution in [0.1, 0.15) is 29.3 Å². The first kappa shape index (κ1) is 12.3. The van der Waals surface area contributed by atoms with Crippen molar-refractivity contribution in [2.24, 2.45) is 0 Å². The second-order valence-corrected chi connectivity index (χ2v) is 3.65. The molecule has 0 N–H and O–H groups in total. The van der Waals surface area contributed by atoms with Crippen molar-refractivity contribution < 1.29 is 18.3 Å². The molecule has 82 valence electrons. The molecule has 15 heavy (non-hydrogen) atoms. The van der Waals surface area contributed by atoms with Crippen LogP contribution in [0.5, 0.6) is 0 Å². The summed E-state index contributed by atoms with van der Waals surface area (Å²) in [5, 5.41) is 0. The molecule has 0 unspecified atom stereocenters. The van der Waals surface area contributed by atoms with E-state index in [1.54, 1.807) is 29.5 Å². The number of alkyl halides is 2. The zero-order valence-electron chi connectivity index (χ0n) is 7.84. The van der Waals surface area contributed by atoms with Gasteiger partial charge in [-0.1, -0.05) is 0 Å². The average molecular weight is 327 g/mol. The van der Waals surface area contributed by atoms with Crippen molar-refractivity contribution in [2.75, 3.05) is 6.61 Å². The van der Waals surface area contributed by atoms with Gasteiger partial charge in [0, 0.05) is 11.8 Å². The first-order chi connectivity index (χ1) is 7.06. The maximum Gasteiger partial charge on any atom is 0.340 e. The summed E-state index contributed by atoms with van der Waals surface area (Å²) in [5.74, 6) is -0.628. The minimum atomic E-state index is -2.64. The Kier molecular flexibility index (Phi) is 4.37. The number of nitrogens with zero attached hydrogens (tertiary/aromatic N) is 1. The third kappa shape index (κ3) is 3.08. The van der Waals surface area contributed by atoms with Gasteiger partial charge in [0.2, 0.25) is 0 Å². The third-order valence-corrected chi connectivity index (χ3v) is 2.47. The Labute approximate surface area is 99.0 Å². The number of carbonyl (C=O) groups excluding carboxylic acids is 1. The van der Waals surface area contributed by atoms with Gasteiger partial charge >= 0.3 is 5.97 Å². The van der Waals surface area contributed by atoms with Crippen molar-refractivity contribution >= 4 is 28.6 Å². The van der Waals surface area contributed by atoms with Gasteiger partial charge in [-0.15, -0.1) is 0 Å². The van der Waals surface area contributed by atoms with Gasteiger partial charge < -0.3 is 4.74 Å². The largest absolute Gasteiger partial charge is 0.462 e. The number of rotatable bonds is 3. The monoisotopic (exact) mass is 327 g/mol. The molecule has 0 radical (unpaired) electrons. The molecule has 0 saturated carbocycles. The van der Waals surface area contributed by atoms with Crippen LogP contribution in [-0.2, 0) is 4.74 Å². The van der Waals surface area contributed by atoms with E-state index in [2.05, 4.69) is 4.98 Å². The molecule has 0 aliphatic carbocycles. The van der Waals surface area contributed by atoms with Crippen molar-refractivity contribution in [1.29, 1.82) is 0 Å². The first-order valence-electron chi connectivity index (χ1n) is 4.17. The van der Waals surface area contributed by atoms with Crippen molar-refractivity contribution in [3.8, 4) is 0 Å². The summed E-state index contributed by atoms with van der Waals surface area (Å²) in [6, 6.07) is 1.11. The SMILES string of the molecule is CCOC(=O)c1cc(C(F)F)cnc1I. The second-order valence-electron chi connectivity index (χ2n) is 2.63. The Bertz CT molecular complexity index is 371. The Balaban J connectivity index is 3.05. The lowest BCUT2D eigenvalue weighted by atomic mass is 10.2. The molecular weight excluding hydrogens is 319 g/mol. The molecule has 1 aromatic heterocycles. The van der Waals surface area contributed by atoms with Gasteiger partial charge in [0.15, 0.2) is 0 Å². The van der Waals surface area contributed by atoms with E-state index in [0.717, 1.165) is 12.3 Å². The van der Waals surface area contributed by atoms with E-state index < -0.39 is 12.4 Å². The lowest BCUT2D eigenvalue weighted by Gasteiger charge is -2.05. The minimum absolute atomic E-state index is 0.0789. The fourth-order valence-corrected chi connectivity index (χ4v) is 1.45. The van der Waals surface area contributed by atoms with Crippen LogP contribution in [0.4, 0.5) is 8.78 Å². The molecule has 0 atom stereocenters. The zero-order valence-corrected chi connectivity index (χ0v) is 9.99. The summed E-state index contributed by atoms with van der Waals surface area (Å²) in [4.78, 5) is 15.0. The number of aromatic nitrogens is 1. The number of esters is 1. The van der Waals surface area contributed by atoms with E-state index in [1.165, 1.54) is 0 Å². The van der Waals surface area contributed by atoms with Crippen LogP contribution < -0.4 is 0 Å². The number of hydrogen-bond acceptors (Lipinski definition) is 3. The van der Waals surface area contributed by atoms with Crippen molar-refractivity contribution in [3.05, 3.63) is 27.1 Å². The quantitative estimate of drug-likeness (QED) is 0.487. The standard InChI is InChI=1S/C9H8F2INO2/c1-2-15-9(14)6-3-5(7(10)11)4-13-8(6)12/h3-4,7H,2H2,1H3. The van der Waals surface area contributed by atoms with Crippen LogP contribution in [0.2, 0.25) is 0 Å². The summed E-state index contributed by atoms with van der Waals surface area (Å²) >= 11 is 1.80. The van der Waals surface area contributed by atoms with Crippen LogP contribution in [0.3, 0.4) is 0 Å². The molecular formula is C9H8F2INO2. The normalized spacial score (nSPS) is 10.5. The van der Waals surface area contributed by atoms with Crippen molar-refractivity contribution in [1.82, 2.24) is 4.98 Å². The highest BCUT2D eigenvalue weighted by atomic mass is 127. The molecule has 6 heteroatoms. The van der Waals surface area contributed by atoms with Gasteiger partial charge in [-0.3, -0.25) is 0 Å². The molecule has 0 aliphatic heterocycles. The number of pyridine rings is 1. The lowest BCUT2D eigenvalue weighted by molar-refractivity contribution is 0.0524. The fourth-order valence-electron chi connectivity index (χ4n) is 0.936. The van der Waals surface area contributed by atoms with E-state index in [0.29, 0.717) is 3.70 Å². The smallest absolute Gasteiger partial charge is 0.340 e. The van der Waals surface area contributed by atoms with Crippen LogP contribution in [0.15, 0.2) is 12.3 Å². The molecule has 0 aliphatic rings. The molecule has 0 bridgehead atoms.